The van der Waals surface area contributed by atoms with Gasteiger partial charge in [-0.25, -0.2) is 23.1 Å². The van der Waals surface area contributed by atoms with Gasteiger partial charge in [0.25, 0.3) is 6.43 Å². The first-order valence-corrected chi connectivity index (χ1v) is 12.8. The van der Waals surface area contributed by atoms with Gasteiger partial charge in [-0.15, -0.1) is 0 Å². The van der Waals surface area contributed by atoms with Crippen molar-refractivity contribution in [2.45, 2.75) is 90.0 Å². The molecular formula is C25H30BrF2N3O5. The van der Waals surface area contributed by atoms with Crippen LogP contribution in [0.25, 0.3) is 10.9 Å². The Balaban J connectivity index is 1.78. The number of likely N-dealkylation sites (tertiary alicyclic amines) is 1. The summed E-state index contributed by atoms with van der Waals surface area (Å²) in [7, 11) is 0. The summed E-state index contributed by atoms with van der Waals surface area (Å²) in [6.45, 7) is 8.56. The highest BCUT2D eigenvalue weighted by atomic mass is 79.9. The van der Waals surface area contributed by atoms with Crippen molar-refractivity contribution in [2.24, 2.45) is 0 Å². The Morgan fingerprint density at radius 1 is 1.25 bits per heavy atom. The number of hydrogen-bond acceptors (Lipinski definition) is 6. The summed E-state index contributed by atoms with van der Waals surface area (Å²) in [5, 5.41) is 4.53. The lowest BCUT2D eigenvalue weighted by molar-refractivity contribution is -0.152. The summed E-state index contributed by atoms with van der Waals surface area (Å²) in [5.41, 5.74) is -0.648. The van der Waals surface area contributed by atoms with E-state index < -0.39 is 47.5 Å². The average molecular weight is 570 g/mol. The largest absolute Gasteiger partial charge is 0.464 e. The minimum Gasteiger partial charge on any atom is -0.464 e. The first kappa shape index (κ1) is 26.5. The second-order valence-corrected chi connectivity index (χ2v) is 11.3. The molecule has 36 heavy (non-hydrogen) atoms. The number of hydrogen-bond donors (Lipinski definition) is 0. The van der Waals surface area contributed by atoms with Crippen molar-refractivity contribution in [1.82, 2.24) is 14.7 Å². The Morgan fingerprint density at radius 2 is 1.92 bits per heavy atom. The van der Waals surface area contributed by atoms with Crippen LogP contribution in [0, 0.1) is 6.92 Å². The number of amides is 1. The highest BCUT2D eigenvalue weighted by Gasteiger charge is 2.60. The molecule has 8 nitrogen and oxygen atoms in total. The fraction of sp³-hybridized carbons (Fsp3) is 0.600. The minimum atomic E-state index is -2.79. The van der Waals surface area contributed by atoms with E-state index in [4.69, 9.17) is 9.47 Å². The Morgan fingerprint density at radius 3 is 2.47 bits per heavy atom. The molecule has 0 radical (unpaired) electrons. The third-order valence-corrected chi connectivity index (χ3v) is 7.59. The second-order valence-electron chi connectivity index (χ2n) is 10.4. The number of carbonyl (C=O) groups is 3. The fourth-order valence-electron chi connectivity index (χ4n) is 4.91. The van der Waals surface area contributed by atoms with Crippen molar-refractivity contribution < 1.29 is 32.6 Å². The summed E-state index contributed by atoms with van der Waals surface area (Å²) >= 11 is 3.29. The molecule has 1 unspecified atom stereocenters. The quantitative estimate of drug-likeness (QED) is 0.330. The smallest absolute Gasteiger partial charge is 0.411 e. The zero-order valence-corrected chi connectivity index (χ0v) is 22.5. The highest BCUT2D eigenvalue weighted by Crippen LogP contribution is 2.53. The monoisotopic (exact) mass is 569 g/mol. The summed E-state index contributed by atoms with van der Waals surface area (Å²) < 4.78 is 39.9. The van der Waals surface area contributed by atoms with E-state index in [0.717, 1.165) is 17.5 Å². The lowest BCUT2D eigenvalue weighted by atomic mass is 10.0. The molecule has 1 aromatic carbocycles. The molecule has 2 heterocycles. The molecule has 2 aliphatic rings. The van der Waals surface area contributed by atoms with Gasteiger partial charge in [-0.05, 0) is 71.9 Å². The Labute approximate surface area is 216 Å². The van der Waals surface area contributed by atoms with Gasteiger partial charge >= 0.3 is 12.1 Å². The molecule has 1 spiro atoms. The van der Waals surface area contributed by atoms with Gasteiger partial charge in [0, 0.05) is 27.2 Å². The summed E-state index contributed by atoms with van der Waals surface area (Å²) in [6.07, 6.45) is 0.362. The number of carbonyl (C=O) groups excluding carboxylic acids is 3. The third-order valence-electron chi connectivity index (χ3n) is 6.77. The maximum Gasteiger partial charge on any atom is 0.411 e. The van der Waals surface area contributed by atoms with Crippen molar-refractivity contribution in [3.8, 4) is 0 Å². The molecular weight excluding hydrogens is 540 g/mol. The van der Waals surface area contributed by atoms with Gasteiger partial charge in [-0.1, -0.05) is 15.9 Å². The van der Waals surface area contributed by atoms with E-state index in [-0.39, 0.29) is 23.1 Å². The predicted molar refractivity (Wildman–Crippen MR) is 131 cm³/mol. The lowest BCUT2D eigenvalue weighted by Crippen LogP contribution is -2.51. The van der Waals surface area contributed by atoms with Crippen molar-refractivity contribution in [3.05, 3.63) is 27.9 Å². The van der Waals surface area contributed by atoms with Crippen molar-refractivity contribution in [1.29, 1.82) is 0 Å². The third kappa shape index (κ3) is 4.73. The SMILES string of the molecule is CCOC(=O)C(C(=O)[C@@H]1CCC2(CC2)N1C(=O)OC(C)(C)C)n1cc2c(C(F)F)cc(Br)c(C)c2n1. The lowest BCUT2D eigenvalue weighted by Gasteiger charge is -2.33. The summed E-state index contributed by atoms with van der Waals surface area (Å²) in [6, 6.07) is -1.15. The van der Waals surface area contributed by atoms with Gasteiger partial charge < -0.3 is 9.47 Å². The van der Waals surface area contributed by atoms with Crippen LogP contribution in [0.4, 0.5) is 13.6 Å². The number of aryl methyl sites for hydroxylation is 1. The van der Waals surface area contributed by atoms with Gasteiger partial charge in [-0.2, -0.15) is 5.10 Å². The van der Waals surface area contributed by atoms with Crippen LogP contribution in [0.1, 0.15) is 77.0 Å². The van der Waals surface area contributed by atoms with Crippen LogP contribution >= 0.6 is 15.9 Å². The van der Waals surface area contributed by atoms with Crippen LogP contribution in [0.15, 0.2) is 16.7 Å². The van der Waals surface area contributed by atoms with E-state index >= 15 is 0 Å². The maximum atomic E-state index is 13.9. The highest BCUT2D eigenvalue weighted by molar-refractivity contribution is 9.10. The van der Waals surface area contributed by atoms with Crippen molar-refractivity contribution >= 4 is 44.7 Å². The van der Waals surface area contributed by atoms with Gasteiger partial charge in [0.05, 0.1) is 18.2 Å². The number of Topliss-reactive ketones (excluding diaryl/α,β-unsaturated/α-hetero) is 1. The molecule has 2 fully saturated rings. The molecule has 4 rings (SSSR count). The van der Waals surface area contributed by atoms with E-state index in [1.165, 1.54) is 17.2 Å². The van der Waals surface area contributed by atoms with E-state index in [1.807, 2.05) is 0 Å². The first-order chi connectivity index (χ1) is 16.8. The number of esters is 1. The van der Waals surface area contributed by atoms with E-state index in [9.17, 15) is 23.2 Å². The van der Waals surface area contributed by atoms with Crippen LogP contribution < -0.4 is 0 Å². The van der Waals surface area contributed by atoms with Crippen LogP contribution in [-0.4, -0.2) is 56.3 Å². The number of nitrogens with zero attached hydrogens (tertiary/aromatic N) is 3. The molecule has 2 aromatic rings. The maximum absolute atomic E-state index is 13.9. The molecule has 1 saturated heterocycles. The zero-order chi connectivity index (χ0) is 26.6. The van der Waals surface area contributed by atoms with Crippen molar-refractivity contribution in [3.63, 3.8) is 0 Å². The number of ether oxygens (including phenoxy) is 2. The standard InChI is InChI=1S/C25H30BrF2N3O5/c1-6-35-22(33)19(30-12-15-14(21(27)28)11-16(26)13(2)18(15)29-30)20(32)17-7-8-25(9-10-25)31(17)23(34)36-24(3,4)5/h11-12,17,19,21H,6-10H2,1-5H3/t17-,19?/m0/s1. The van der Waals surface area contributed by atoms with Crippen LogP contribution in [-0.2, 0) is 19.1 Å². The average Bonchev–Trinajstić information content (AvgIpc) is 3.23. The number of fused-ring (bicyclic) bond motifs is 1. The molecule has 0 bridgehead atoms. The molecule has 196 valence electrons. The van der Waals surface area contributed by atoms with Gasteiger partial charge in [0.2, 0.25) is 6.04 Å². The normalized spacial score (nSPS) is 19.7. The molecule has 0 N–H and O–H groups in total. The molecule has 2 atom stereocenters. The van der Waals surface area contributed by atoms with Gasteiger partial charge in [0.1, 0.15) is 5.60 Å². The first-order valence-electron chi connectivity index (χ1n) is 12.0. The van der Waals surface area contributed by atoms with Crippen LogP contribution in [0.2, 0.25) is 0 Å². The van der Waals surface area contributed by atoms with E-state index in [1.54, 1.807) is 34.6 Å². The molecule has 11 heteroatoms. The Hall–Kier alpha value is -2.56. The number of ketones is 1. The number of halogens is 3. The van der Waals surface area contributed by atoms with Gasteiger partial charge in [-0.3, -0.25) is 9.69 Å². The number of alkyl halides is 2. The van der Waals surface area contributed by atoms with E-state index in [0.29, 0.717) is 22.9 Å². The molecule has 1 aliphatic heterocycles. The molecule has 1 saturated carbocycles. The van der Waals surface area contributed by atoms with Crippen molar-refractivity contribution in [2.75, 3.05) is 6.61 Å². The minimum absolute atomic E-state index is 0.0145. The van der Waals surface area contributed by atoms with Crippen LogP contribution in [0.5, 0.6) is 0 Å². The van der Waals surface area contributed by atoms with Crippen LogP contribution in [0.3, 0.4) is 0 Å². The fourth-order valence-corrected chi connectivity index (χ4v) is 5.34. The topological polar surface area (TPSA) is 90.7 Å². The van der Waals surface area contributed by atoms with Gasteiger partial charge in [0.15, 0.2) is 5.78 Å². The Kier molecular flexibility index (Phi) is 6.91. The predicted octanol–water partition coefficient (Wildman–Crippen LogP) is 5.65. The number of rotatable bonds is 6. The summed E-state index contributed by atoms with van der Waals surface area (Å²) in [5.74, 6) is -1.43. The summed E-state index contributed by atoms with van der Waals surface area (Å²) in [4.78, 5) is 41.6. The zero-order valence-electron chi connectivity index (χ0n) is 20.9. The molecule has 1 aliphatic carbocycles. The second kappa shape index (κ2) is 9.39. The van der Waals surface area contributed by atoms with E-state index in [2.05, 4.69) is 21.0 Å². The molecule has 1 aromatic heterocycles. The number of aromatic nitrogens is 2. The number of benzene rings is 1. The molecule has 1 amide bonds. The Bertz CT molecular complexity index is 1220.